The van der Waals surface area contributed by atoms with E-state index in [0.717, 1.165) is 5.70 Å². The molecule has 0 fully saturated rings. The van der Waals surface area contributed by atoms with E-state index in [0.29, 0.717) is 0 Å². The zero-order valence-corrected chi connectivity index (χ0v) is 5.53. The van der Waals surface area contributed by atoms with Gasteiger partial charge >= 0.3 is 7.12 Å². The van der Waals surface area contributed by atoms with E-state index in [1.165, 1.54) is 6.82 Å². The highest BCUT2D eigenvalue weighted by Crippen LogP contribution is 1.86. The lowest BCUT2D eigenvalue weighted by Gasteiger charge is -2.01. The molecule has 46 valence electrons. The Hall–Kier alpha value is -0.465. The summed E-state index contributed by atoms with van der Waals surface area (Å²) in [7, 11) is -0.939. The lowest BCUT2D eigenvalue weighted by molar-refractivity contribution is 0.801. The quantitative estimate of drug-likeness (QED) is 0.538. The molecule has 0 aliphatic rings. The Kier molecular flexibility index (Phi) is 3.32. The van der Waals surface area contributed by atoms with Crippen LogP contribution < -0.4 is 5.23 Å². The first-order valence-corrected chi connectivity index (χ1v) is 2.70. The number of nitrogens with one attached hydrogen (secondary N) is 1. The van der Waals surface area contributed by atoms with Gasteiger partial charge < -0.3 is 9.54 Å². The molecule has 8 heavy (non-hydrogen) atoms. The molecule has 0 amide bonds. The van der Waals surface area contributed by atoms with Gasteiger partial charge in [0, 0.05) is 0 Å². The van der Waals surface area contributed by atoms with Gasteiger partial charge in [-0.2, -0.15) is 0 Å². The predicted molar refractivity (Wildman–Crippen MR) is 35.3 cm³/mol. The van der Waals surface area contributed by atoms with Crippen LogP contribution in [0.2, 0.25) is 6.82 Å². The third-order valence-electron chi connectivity index (χ3n) is 0.860. The molecule has 0 atom stereocenters. The molecular formula is C5H11BFN. The Morgan fingerprint density at radius 2 is 2.25 bits per heavy atom. The number of hydrogen-bond donors (Lipinski definition) is 1. The number of hydrogen-bond acceptors (Lipinski definition) is 1. The van der Waals surface area contributed by atoms with Crippen molar-refractivity contribution in [1.82, 2.24) is 5.23 Å². The first-order chi connectivity index (χ1) is 3.66. The first kappa shape index (κ1) is 7.53. The minimum absolute atomic E-state index is 0.875. The second kappa shape index (κ2) is 3.53. The maximum atomic E-state index is 12.0. The van der Waals surface area contributed by atoms with Crippen molar-refractivity contribution in [2.24, 2.45) is 0 Å². The maximum Gasteiger partial charge on any atom is 0.455 e. The van der Waals surface area contributed by atoms with E-state index in [1.807, 2.05) is 19.9 Å². The number of halogens is 1. The van der Waals surface area contributed by atoms with Gasteiger partial charge in [0.15, 0.2) is 0 Å². The summed E-state index contributed by atoms with van der Waals surface area (Å²) in [5.41, 5.74) is 0.875. The van der Waals surface area contributed by atoms with Crippen molar-refractivity contribution in [3.05, 3.63) is 11.8 Å². The minimum Gasteiger partial charge on any atom is -0.404 e. The number of allylic oxidation sites excluding steroid dienone is 2. The van der Waals surface area contributed by atoms with Crippen molar-refractivity contribution >= 4 is 7.12 Å². The van der Waals surface area contributed by atoms with E-state index in [2.05, 4.69) is 5.23 Å². The van der Waals surface area contributed by atoms with Crippen LogP contribution in [0.1, 0.15) is 13.8 Å². The van der Waals surface area contributed by atoms with Gasteiger partial charge in [-0.15, -0.1) is 0 Å². The summed E-state index contributed by atoms with van der Waals surface area (Å²) in [5.74, 6) is 0. The zero-order valence-electron chi connectivity index (χ0n) is 5.53. The lowest BCUT2D eigenvalue weighted by atomic mass is 9.92. The molecule has 0 aromatic carbocycles. The van der Waals surface area contributed by atoms with Gasteiger partial charge in [-0.3, -0.25) is 0 Å². The fourth-order valence-corrected chi connectivity index (χ4v) is 0.397. The summed E-state index contributed by atoms with van der Waals surface area (Å²) in [4.78, 5) is 0. The van der Waals surface area contributed by atoms with Crippen LogP contribution in [0.5, 0.6) is 0 Å². The smallest absolute Gasteiger partial charge is 0.404 e. The normalized spacial score (nSPS) is 11.2. The number of rotatable bonds is 2. The van der Waals surface area contributed by atoms with Gasteiger partial charge in [0.1, 0.15) is 0 Å². The van der Waals surface area contributed by atoms with Crippen LogP contribution in [0.25, 0.3) is 0 Å². The highest BCUT2D eigenvalue weighted by molar-refractivity contribution is 6.46. The molecule has 0 saturated heterocycles. The van der Waals surface area contributed by atoms with Gasteiger partial charge in [0.2, 0.25) is 0 Å². The standard InChI is InChI=1S/C5H11BFN/c1-4-5(2)8-6(3)7/h4,8H,1-3H3/b5-4-. The van der Waals surface area contributed by atoms with Crippen LogP contribution in [0.15, 0.2) is 11.8 Å². The Balaban J connectivity index is 3.39. The fraction of sp³-hybridized carbons (Fsp3) is 0.600. The molecule has 0 spiro atoms. The second-order valence-electron chi connectivity index (χ2n) is 1.73. The third kappa shape index (κ3) is 3.72. The minimum atomic E-state index is -0.939. The van der Waals surface area contributed by atoms with Crippen LogP contribution in [0.3, 0.4) is 0 Å². The van der Waals surface area contributed by atoms with Gasteiger partial charge in [0.05, 0.1) is 0 Å². The molecule has 0 aromatic heterocycles. The molecule has 0 rings (SSSR count). The highest BCUT2D eigenvalue weighted by Gasteiger charge is 2.01. The fourth-order valence-electron chi connectivity index (χ4n) is 0.397. The van der Waals surface area contributed by atoms with E-state index < -0.39 is 7.12 Å². The van der Waals surface area contributed by atoms with Crippen LogP contribution in [0.4, 0.5) is 4.32 Å². The van der Waals surface area contributed by atoms with Crippen molar-refractivity contribution in [1.29, 1.82) is 0 Å². The summed E-state index contributed by atoms with van der Waals surface area (Å²) < 4.78 is 12.0. The van der Waals surface area contributed by atoms with Crippen molar-refractivity contribution in [3.8, 4) is 0 Å². The molecule has 1 nitrogen and oxygen atoms in total. The average Bonchev–Trinajstić information content (AvgIpc) is 1.65. The summed E-state index contributed by atoms with van der Waals surface area (Å²) in [6.45, 7) is 5.16. The molecule has 0 unspecified atom stereocenters. The Bertz CT molecular complexity index is 90.4. The van der Waals surface area contributed by atoms with Crippen LogP contribution >= 0.6 is 0 Å². The largest absolute Gasteiger partial charge is 0.455 e. The average molecular weight is 115 g/mol. The van der Waals surface area contributed by atoms with Crippen molar-refractivity contribution in [3.63, 3.8) is 0 Å². The van der Waals surface area contributed by atoms with E-state index >= 15 is 0 Å². The van der Waals surface area contributed by atoms with Crippen molar-refractivity contribution < 1.29 is 4.32 Å². The highest BCUT2D eigenvalue weighted by atomic mass is 19.1. The predicted octanol–water partition coefficient (Wildman–Crippen LogP) is 1.59. The molecule has 0 saturated carbocycles. The van der Waals surface area contributed by atoms with E-state index in [-0.39, 0.29) is 0 Å². The molecule has 0 bridgehead atoms. The Morgan fingerprint density at radius 1 is 1.75 bits per heavy atom. The van der Waals surface area contributed by atoms with Crippen molar-refractivity contribution in [2.45, 2.75) is 20.7 Å². The molecule has 0 radical (unpaired) electrons. The molecule has 3 heteroatoms. The summed E-state index contributed by atoms with van der Waals surface area (Å²) in [6, 6.07) is 0. The van der Waals surface area contributed by atoms with Crippen LogP contribution in [-0.2, 0) is 0 Å². The third-order valence-corrected chi connectivity index (χ3v) is 0.860. The van der Waals surface area contributed by atoms with Gasteiger partial charge in [0.25, 0.3) is 0 Å². The topological polar surface area (TPSA) is 12.0 Å². The van der Waals surface area contributed by atoms with Crippen LogP contribution in [-0.4, -0.2) is 7.12 Å². The van der Waals surface area contributed by atoms with Gasteiger partial charge in [-0.05, 0) is 26.4 Å². The van der Waals surface area contributed by atoms with Gasteiger partial charge in [-0.1, -0.05) is 6.08 Å². The van der Waals surface area contributed by atoms with Gasteiger partial charge in [-0.25, -0.2) is 0 Å². The van der Waals surface area contributed by atoms with Crippen molar-refractivity contribution in [2.75, 3.05) is 0 Å². The van der Waals surface area contributed by atoms with E-state index in [4.69, 9.17) is 0 Å². The SMILES string of the molecule is C/C=C(/C)NB(C)F. The molecule has 0 heterocycles. The van der Waals surface area contributed by atoms with Crippen LogP contribution in [0, 0.1) is 0 Å². The summed E-state index contributed by atoms with van der Waals surface area (Å²) >= 11 is 0. The molecule has 0 aliphatic carbocycles. The molecule has 0 aromatic rings. The zero-order chi connectivity index (χ0) is 6.57. The van der Waals surface area contributed by atoms with E-state index in [9.17, 15) is 4.32 Å². The molecular weight excluding hydrogens is 104 g/mol. The van der Waals surface area contributed by atoms with E-state index in [1.54, 1.807) is 0 Å². The monoisotopic (exact) mass is 115 g/mol. The molecule has 0 aliphatic heterocycles. The Morgan fingerprint density at radius 3 is 2.38 bits per heavy atom. The Labute approximate surface area is 50.1 Å². The summed E-state index contributed by atoms with van der Waals surface area (Å²) in [6.07, 6.45) is 1.83. The summed E-state index contributed by atoms with van der Waals surface area (Å²) in [5, 5.41) is 2.59. The first-order valence-electron chi connectivity index (χ1n) is 2.70. The maximum absolute atomic E-state index is 12.0. The second-order valence-corrected chi connectivity index (χ2v) is 1.73. The molecule has 1 N–H and O–H groups in total. The lowest BCUT2D eigenvalue weighted by Crippen LogP contribution is -2.23.